The SMILES string of the molecule is CCCCC[C@H](CC(=O)CNC(=O)[C@@H](CC(=O)[C@H](CCCN=C(N)N)NC(=O)[C@H](C)Cc1ccccc1)Cc1c[nH]c2ccccc12)C(N)=O. The number of Topliss-reactive ketones (excluding diaryl/α,β-unsaturated/α-hetero) is 2. The van der Waals surface area contributed by atoms with E-state index in [0.717, 1.165) is 41.3 Å². The van der Waals surface area contributed by atoms with Crippen molar-refractivity contribution in [2.75, 3.05) is 13.1 Å². The number of unbranched alkanes of at least 4 members (excludes halogenated alkanes) is 2. The fraction of sp³-hybridized carbons (Fsp3) is 0.474. The van der Waals surface area contributed by atoms with Crippen LogP contribution in [-0.4, -0.2) is 59.4 Å². The molecule has 3 rings (SSSR count). The molecule has 3 aromatic rings. The Kier molecular flexibility index (Phi) is 16.2. The minimum Gasteiger partial charge on any atom is -0.370 e. The van der Waals surface area contributed by atoms with Gasteiger partial charge in [-0.25, -0.2) is 0 Å². The number of para-hydroxylation sites is 1. The van der Waals surface area contributed by atoms with Gasteiger partial charge in [0.25, 0.3) is 0 Å². The summed E-state index contributed by atoms with van der Waals surface area (Å²) in [5, 5.41) is 6.56. The summed E-state index contributed by atoms with van der Waals surface area (Å²) >= 11 is 0. The molecule has 0 aliphatic carbocycles. The zero-order valence-electron chi connectivity index (χ0n) is 29.3. The third kappa shape index (κ3) is 13.1. The van der Waals surface area contributed by atoms with Gasteiger partial charge in [-0.05, 0) is 49.3 Å². The van der Waals surface area contributed by atoms with Crippen molar-refractivity contribution in [1.82, 2.24) is 15.6 Å². The summed E-state index contributed by atoms with van der Waals surface area (Å²) in [4.78, 5) is 73.1. The number of nitrogens with two attached hydrogens (primary N) is 3. The van der Waals surface area contributed by atoms with Gasteiger partial charge < -0.3 is 32.8 Å². The molecule has 0 spiro atoms. The maximum absolute atomic E-state index is 14.0. The summed E-state index contributed by atoms with van der Waals surface area (Å²) in [5.74, 6) is -3.82. The molecule has 1 aromatic heterocycles. The van der Waals surface area contributed by atoms with E-state index in [1.807, 2.05) is 67.7 Å². The lowest BCUT2D eigenvalue weighted by molar-refractivity contribution is -0.133. The van der Waals surface area contributed by atoms with Crippen molar-refractivity contribution in [3.8, 4) is 0 Å². The van der Waals surface area contributed by atoms with E-state index >= 15 is 0 Å². The van der Waals surface area contributed by atoms with Gasteiger partial charge in [-0.1, -0.05) is 81.6 Å². The zero-order chi connectivity index (χ0) is 36.5. The normalized spacial score (nSPS) is 13.5. The number of aromatic amines is 1. The topological polar surface area (TPSA) is 216 Å². The summed E-state index contributed by atoms with van der Waals surface area (Å²) in [6.07, 6.45) is 6.19. The van der Waals surface area contributed by atoms with Crippen LogP contribution in [0.4, 0.5) is 0 Å². The summed E-state index contributed by atoms with van der Waals surface area (Å²) in [6.45, 7) is 3.84. The quantitative estimate of drug-likeness (QED) is 0.0495. The van der Waals surface area contributed by atoms with E-state index in [9.17, 15) is 24.0 Å². The van der Waals surface area contributed by atoms with Gasteiger partial charge in [0.05, 0.1) is 12.6 Å². The first kappa shape index (κ1) is 39.4. The van der Waals surface area contributed by atoms with Gasteiger partial charge in [-0.2, -0.15) is 0 Å². The minimum atomic E-state index is -0.880. The van der Waals surface area contributed by atoms with E-state index in [2.05, 4.69) is 20.6 Å². The Morgan fingerprint density at radius 2 is 1.54 bits per heavy atom. The number of hydrogen-bond donors (Lipinski definition) is 6. The number of carbonyl (C=O) groups is 5. The van der Waals surface area contributed by atoms with Crippen LogP contribution in [0.2, 0.25) is 0 Å². The van der Waals surface area contributed by atoms with Gasteiger partial charge in [-0.15, -0.1) is 0 Å². The number of aromatic nitrogens is 1. The molecule has 0 radical (unpaired) electrons. The van der Waals surface area contributed by atoms with E-state index in [1.54, 1.807) is 6.92 Å². The number of fused-ring (bicyclic) bond motifs is 1. The lowest BCUT2D eigenvalue weighted by atomic mass is 9.89. The van der Waals surface area contributed by atoms with Crippen LogP contribution in [0, 0.1) is 17.8 Å². The molecule has 0 aliphatic rings. The minimum absolute atomic E-state index is 0.0591. The van der Waals surface area contributed by atoms with Crippen LogP contribution in [0.5, 0.6) is 0 Å². The molecule has 50 heavy (non-hydrogen) atoms. The smallest absolute Gasteiger partial charge is 0.224 e. The Labute approximate surface area is 294 Å². The highest BCUT2D eigenvalue weighted by Gasteiger charge is 2.30. The van der Waals surface area contributed by atoms with Crippen molar-refractivity contribution in [2.45, 2.75) is 84.1 Å². The molecule has 270 valence electrons. The predicted molar refractivity (Wildman–Crippen MR) is 196 cm³/mol. The molecular weight excluding hydrogens is 634 g/mol. The maximum atomic E-state index is 14.0. The monoisotopic (exact) mass is 687 g/mol. The summed E-state index contributed by atoms with van der Waals surface area (Å²) in [6, 6.07) is 16.4. The molecule has 3 amide bonds. The van der Waals surface area contributed by atoms with E-state index in [4.69, 9.17) is 17.2 Å². The van der Waals surface area contributed by atoms with Crippen LogP contribution in [0.25, 0.3) is 10.9 Å². The van der Waals surface area contributed by atoms with Crippen LogP contribution >= 0.6 is 0 Å². The van der Waals surface area contributed by atoms with Crippen molar-refractivity contribution >= 4 is 46.2 Å². The number of guanidine groups is 1. The molecule has 0 saturated heterocycles. The molecule has 12 nitrogen and oxygen atoms in total. The molecule has 0 fully saturated rings. The van der Waals surface area contributed by atoms with Crippen LogP contribution in [0.1, 0.15) is 76.3 Å². The highest BCUT2D eigenvalue weighted by molar-refractivity contribution is 5.95. The Hall–Kier alpha value is -5.00. The van der Waals surface area contributed by atoms with E-state index in [0.29, 0.717) is 19.3 Å². The highest BCUT2D eigenvalue weighted by Crippen LogP contribution is 2.24. The number of carbonyl (C=O) groups excluding carboxylic acids is 5. The van der Waals surface area contributed by atoms with Crippen LogP contribution in [0.15, 0.2) is 65.8 Å². The summed E-state index contributed by atoms with van der Waals surface area (Å²) in [5.41, 5.74) is 19.3. The largest absolute Gasteiger partial charge is 0.370 e. The number of amides is 3. The van der Waals surface area contributed by atoms with Crippen molar-refractivity contribution in [1.29, 1.82) is 0 Å². The molecule has 0 aliphatic heterocycles. The first-order valence-electron chi connectivity index (χ1n) is 17.5. The molecule has 0 bridgehead atoms. The third-order valence-electron chi connectivity index (χ3n) is 8.93. The Balaban J connectivity index is 1.77. The number of nitrogens with one attached hydrogen (secondary N) is 3. The number of rotatable bonds is 23. The van der Waals surface area contributed by atoms with Crippen LogP contribution in [-0.2, 0) is 36.8 Å². The second kappa shape index (κ2) is 20.5. The zero-order valence-corrected chi connectivity index (χ0v) is 29.3. The van der Waals surface area contributed by atoms with Gasteiger partial charge in [0, 0.05) is 54.2 Å². The molecule has 1 heterocycles. The number of primary amides is 1. The number of nitrogens with zero attached hydrogens (tertiary/aromatic N) is 1. The number of ketones is 2. The number of H-pyrrole nitrogens is 1. The lowest BCUT2D eigenvalue weighted by Gasteiger charge is -2.23. The van der Waals surface area contributed by atoms with Crippen LogP contribution < -0.4 is 27.8 Å². The third-order valence-corrected chi connectivity index (χ3v) is 8.93. The predicted octanol–water partition coefficient (Wildman–Crippen LogP) is 3.46. The Morgan fingerprint density at radius 1 is 0.820 bits per heavy atom. The molecule has 4 atom stereocenters. The van der Waals surface area contributed by atoms with Gasteiger partial charge >= 0.3 is 0 Å². The van der Waals surface area contributed by atoms with Gasteiger partial charge in [0.15, 0.2) is 17.5 Å². The second-order valence-corrected chi connectivity index (χ2v) is 13.1. The molecule has 9 N–H and O–H groups in total. The van der Waals surface area contributed by atoms with Gasteiger partial charge in [0.1, 0.15) is 0 Å². The molecule has 0 unspecified atom stereocenters. The van der Waals surface area contributed by atoms with E-state index in [1.165, 1.54) is 0 Å². The van der Waals surface area contributed by atoms with Gasteiger partial charge in [-0.3, -0.25) is 29.0 Å². The van der Waals surface area contributed by atoms with Crippen molar-refractivity contribution in [3.63, 3.8) is 0 Å². The highest BCUT2D eigenvalue weighted by atomic mass is 16.2. The molecular formula is C38H53N7O5. The number of hydrogen-bond acceptors (Lipinski definition) is 6. The fourth-order valence-electron chi connectivity index (χ4n) is 6.06. The van der Waals surface area contributed by atoms with Crippen LogP contribution in [0.3, 0.4) is 0 Å². The first-order valence-corrected chi connectivity index (χ1v) is 17.5. The Bertz CT molecular complexity index is 1600. The Morgan fingerprint density at radius 3 is 2.24 bits per heavy atom. The van der Waals surface area contributed by atoms with Crippen molar-refractivity contribution < 1.29 is 24.0 Å². The average molecular weight is 688 g/mol. The first-order chi connectivity index (χ1) is 24.0. The number of benzene rings is 2. The second-order valence-electron chi connectivity index (χ2n) is 13.1. The van der Waals surface area contributed by atoms with E-state index in [-0.39, 0.29) is 62.2 Å². The number of aliphatic imine (C=N–C) groups is 1. The lowest BCUT2D eigenvalue weighted by Crippen LogP contribution is -2.45. The van der Waals surface area contributed by atoms with Gasteiger partial charge in [0.2, 0.25) is 17.7 Å². The summed E-state index contributed by atoms with van der Waals surface area (Å²) in [7, 11) is 0. The molecule has 0 saturated carbocycles. The van der Waals surface area contributed by atoms with Crippen molar-refractivity contribution in [3.05, 3.63) is 71.9 Å². The molecule has 2 aromatic carbocycles. The van der Waals surface area contributed by atoms with Crippen molar-refractivity contribution in [2.24, 2.45) is 39.9 Å². The summed E-state index contributed by atoms with van der Waals surface area (Å²) < 4.78 is 0. The van der Waals surface area contributed by atoms with E-state index < -0.39 is 35.6 Å². The maximum Gasteiger partial charge on any atom is 0.224 e. The molecule has 12 heteroatoms. The standard InChI is InChI=1S/C38H53N7O5/c1-3-4-6-14-27(35(39)48)21-30(46)24-44-37(50)28(20-29-23-43-32-16-10-9-15-31(29)32)22-34(47)33(17-11-18-42-38(40)41)45-36(49)25(2)19-26-12-7-5-8-13-26/h5,7-10,12-13,15-16,23,25,27-28,33,43H,3-4,6,11,14,17-22,24H2,1-2H3,(H2,39,48)(H,44,50)(H,45,49)(H4,40,41,42)/t25-,27-,28-,33+/m1/s1. The average Bonchev–Trinajstić information content (AvgIpc) is 3.50. The fourth-order valence-corrected chi connectivity index (χ4v) is 6.06.